The van der Waals surface area contributed by atoms with Gasteiger partial charge in [-0.2, -0.15) is 0 Å². The lowest BCUT2D eigenvalue weighted by molar-refractivity contribution is 0.00739. The molecule has 2 aliphatic heterocycles. The first-order chi connectivity index (χ1) is 34.1. The molecular weight excluding hydrogens is 897 g/mol. The molecule has 394 valence electrons. The van der Waals surface area contributed by atoms with Gasteiger partial charge < -0.3 is 35.0 Å². The van der Waals surface area contributed by atoms with Gasteiger partial charge in [-0.15, -0.1) is 0 Å². The summed E-state index contributed by atoms with van der Waals surface area (Å²) in [4.78, 5) is 11.9. The van der Waals surface area contributed by atoms with Gasteiger partial charge in [-0.25, -0.2) is 4.79 Å². The van der Waals surface area contributed by atoms with E-state index in [1.54, 1.807) is 0 Å². The van der Waals surface area contributed by atoms with Crippen LogP contribution in [0.1, 0.15) is 234 Å². The maximum Gasteiger partial charge on any atom is 0.339 e. The Kier molecular flexibility index (Phi) is 19.0. The molecule has 0 saturated heterocycles. The maximum atomic E-state index is 11.9. The van der Waals surface area contributed by atoms with Crippen molar-refractivity contribution in [2.45, 2.75) is 221 Å². The third-order valence-electron chi connectivity index (χ3n) is 16.6. The molecule has 0 aromatic heterocycles. The predicted molar refractivity (Wildman–Crippen MR) is 295 cm³/mol. The van der Waals surface area contributed by atoms with Gasteiger partial charge in [0.15, 0.2) is 0 Å². The largest absolute Gasteiger partial charge is 0.507 e. The molecule has 8 heteroatoms. The van der Waals surface area contributed by atoms with E-state index >= 15 is 0 Å². The van der Waals surface area contributed by atoms with E-state index < -0.39 is 5.97 Å². The second kappa shape index (κ2) is 24.3. The van der Waals surface area contributed by atoms with Gasteiger partial charge in [0, 0.05) is 46.3 Å². The van der Waals surface area contributed by atoms with Crippen molar-refractivity contribution in [1.82, 2.24) is 0 Å². The average Bonchev–Trinajstić information content (AvgIpc) is 3.28. The van der Waals surface area contributed by atoms with Crippen molar-refractivity contribution in [2.75, 3.05) is 0 Å². The van der Waals surface area contributed by atoms with Crippen LogP contribution in [0, 0.1) is 17.8 Å². The number of phenolic OH excluding ortho intramolecular Hbond substituents is 3. The molecule has 6 atom stereocenters. The minimum atomic E-state index is -1.05. The summed E-state index contributed by atoms with van der Waals surface area (Å²) in [5.74, 6) is 2.65. The van der Waals surface area contributed by atoms with Crippen LogP contribution in [-0.4, -0.2) is 42.7 Å². The summed E-state index contributed by atoms with van der Waals surface area (Å²) in [5.41, 5.74) is 9.95. The number of carboxylic acid groups (broad SMARTS) is 1. The Morgan fingerprint density at radius 1 is 0.639 bits per heavy atom. The van der Waals surface area contributed by atoms with E-state index in [1.165, 1.54) is 54.4 Å². The Balaban J connectivity index is 0.000000177. The highest BCUT2D eigenvalue weighted by Gasteiger charge is 2.47. The second-order valence-corrected chi connectivity index (χ2v) is 23.3. The van der Waals surface area contributed by atoms with Crippen LogP contribution in [0.25, 0.3) is 0 Å². The minimum Gasteiger partial charge on any atom is -0.507 e. The molecule has 3 aliphatic carbocycles. The maximum absolute atomic E-state index is 11.9. The van der Waals surface area contributed by atoms with Crippen LogP contribution in [0.15, 0.2) is 77.4 Å². The van der Waals surface area contributed by atoms with Gasteiger partial charge in [0.2, 0.25) is 0 Å². The fraction of sp³-hybridized carbons (Fsp3) is 0.578. The van der Waals surface area contributed by atoms with Gasteiger partial charge in [0.1, 0.15) is 51.3 Å². The summed E-state index contributed by atoms with van der Waals surface area (Å²) in [5, 5.41) is 52.5. The predicted octanol–water partition coefficient (Wildman–Crippen LogP) is 17.0. The molecule has 8 nitrogen and oxygen atoms in total. The molecule has 0 fully saturated rings. The van der Waals surface area contributed by atoms with Crippen molar-refractivity contribution in [2.24, 2.45) is 17.8 Å². The van der Waals surface area contributed by atoms with Crippen molar-refractivity contribution < 1.29 is 39.8 Å². The molecule has 5 aliphatic rings. The summed E-state index contributed by atoms with van der Waals surface area (Å²) in [6, 6.07) is 9.67. The van der Waals surface area contributed by atoms with Crippen LogP contribution < -0.4 is 9.47 Å². The van der Waals surface area contributed by atoms with E-state index in [9.17, 15) is 30.3 Å². The average molecular weight is 987 g/mol. The fourth-order valence-corrected chi connectivity index (χ4v) is 12.6. The number of carbonyl (C=O) groups is 1. The monoisotopic (exact) mass is 987 g/mol. The van der Waals surface area contributed by atoms with Gasteiger partial charge in [0.25, 0.3) is 0 Å². The van der Waals surface area contributed by atoms with Gasteiger partial charge in [-0.1, -0.05) is 106 Å². The lowest BCUT2D eigenvalue weighted by Crippen LogP contribution is -2.45. The van der Waals surface area contributed by atoms with Crippen molar-refractivity contribution >= 4 is 5.97 Å². The summed E-state index contributed by atoms with van der Waals surface area (Å²) >= 11 is 0. The first-order valence-corrected chi connectivity index (χ1v) is 27.7. The molecule has 5 N–H and O–H groups in total. The second-order valence-electron chi connectivity index (χ2n) is 23.3. The number of hydrogen-bond donors (Lipinski definition) is 5. The van der Waals surface area contributed by atoms with E-state index in [0.29, 0.717) is 40.5 Å². The highest BCUT2D eigenvalue weighted by Crippen LogP contribution is 2.56. The van der Waals surface area contributed by atoms with Crippen molar-refractivity contribution in [3.05, 3.63) is 116 Å². The Bertz CT molecular complexity index is 2480. The van der Waals surface area contributed by atoms with Crippen LogP contribution in [0.5, 0.6) is 34.5 Å². The number of fused-ring (bicyclic) bond motifs is 6. The number of aromatic hydroxyl groups is 4. The summed E-state index contributed by atoms with van der Waals surface area (Å²) in [7, 11) is 0. The van der Waals surface area contributed by atoms with Gasteiger partial charge in [0.05, 0.1) is 0 Å². The van der Waals surface area contributed by atoms with Crippen LogP contribution in [0.3, 0.4) is 0 Å². The Morgan fingerprint density at radius 3 is 1.69 bits per heavy atom. The van der Waals surface area contributed by atoms with E-state index in [0.717, 1.165) is 99.5 Å². The number of phenols is 4. The SMILES string of the molecule is C=C(C)C1CCC(C)=CC1c1c(O)cc(CCCCC)cc1O.CCCCCc1cc(O)c2c(c1)OC(C)(C)[C@H]1CCC(C)=C[C@@H]21.CCCCCc1cc2c(c(O)c1C(=O)O)[C@@H]1CC(C)=CC[C@H]1C(C)(C)O2. The number of hydrogen-bond acceptors (Lipinski definition) is 7. The number of allylic oxidation sites excluding steroid dienone is 7. The highest BCUT2D eigenvalue weighted by atomic mass is 16.5. The third-order valence-corrected chi connectivity index (χ3v) is 16.6. The molecule has 0 radical (unpaired) electrons. The molecule has 0 amide bonds. The van der Waals surface area contributed by atoms with Gasteiger partial charge >= 0.3 is 5.97 Å². The number of benzene rings is 3. The molecule has 72 heavy (non-hydrogen) atoms. The first kappa shape index (κ1) is 56.2. The molecule has 0 saturated carbocycles. The van der Waals surface area contributed by atoms with E-state index in [4.69, 9.17) is 9.47 Å². The van der Waals surface area contributed by atoms with Gasteiger partial charge in [-0.3, -0.25) is 0 Å². The number of aryl methyl sites for hydroxylation is 3. The highest BCUT2D eigenvalue weighted by molar-refractivity contribution is 5.94. The Morgan fingerprint density at radius 2 is 1.14 bits per heavy atom. The zero-order valence-electron chi connectivity index (χ0n) is 46.0. The number of unbranched alkanes of at least 4 members (excludes halogenated alkanes) is 6. The number of aromatic carboxylic acids is 1. The Hall–Kier alpha value is -5.11. The van der Waals surface area contributed by atoms with E-state index in [2.05, 4.69) is 100 Å². The van der Waals surface area contributed by atoms with Crippen molar-refractivity contribution in [3.63, 3.8) is 0 Å². The topological polar surface area (TPSA) is 137 Å². The summed E-state index contributed by atoms with van der Waals surface area (Å²) < 4.78 is 12.7. The Labute approximate surface area is 433 Å². The zero-order valence-corrected chi connectivity index (χ0v) is 46.0. The molecule has 0 spiro atoms. The molecule has 3 aromatic carbocycles. The number of rotatable bonds is 15. The minimum absolute atomic E-state index is 0.0194. The zero-order chi connectivity index (χ0) is 52.7. The lowest BCUT2D eigenvalue weighted by atomic mass is 9.66. The van der Waals surface area contributed by atoms with Crippen LogP contribution >= 0.6 is 0 Å². The standard InChI is InChI=1S/C22H30O4.2C21H30O2/c1-5-6-7-8-14-12-17-19(20(23)18(14)21(24)25)15-11-13(2)9-10-16(15)22(3,4)26-17;1-5-6-7-8-15-12-18(22)20-16-11-14(2)9-10-17(16)21(3,4)23-19(20)13-15;1-5-6-7-8-16-12-19(22)21(20(23)13-16)18-11-15(4)9-10-17(18)14(2)3/h9,12,15-16,23H,5-8,10-11H2,1-4H3,(H,24,25);11-13,16-17,22H,5-10H2,1-4H3;11-13,17-18,22-23H,2,5-10H2,1,3-4H3/t15-,16-;16-,17+;/m11./s1. The van der Waals surface area contributed by atoms with Crippen molar-refractivity contribution in [1.29, 1.82) is 0 Å². The quantitative estimate of drug-likeness (QED) is 0.0750. The van der Waals surface area contributed by atoms with Crippen molar-refractivity contribution in [3.8, 4) is 34.5 Å². The summed E-state index contributed by atoms with van der Waals surface area (Å²) in [6.07, 6.45) is 25.5. The molecule has 2 unspecified atom stereocenters. The summed E-state index contributed by atoms with van der Waals surface area (Å²) in [6.45, 7) is 27.7. The smallest absolute Gasteiger partial charge is 0.339 e. The first-order valence-electron chi connectivity index (χ1n) is 27.7. The lowest BCUT2D eigenvalue weighted by Gasteiger charge is -2.47. The fourth-order valence-electron chi connectivity index (χ4n) is 12.6. The molecular formula is C64H90O8. The molecule has 0 bridgehead atoms. The molecule has 8 rings (SSSR count). The van der Waals surface area contributed by atoms with Crippen LogP contribution in [0.2, 0.25) is 0 Å². The molecule has 2 heterocycles. The normalized spacial score (nSPS) is 23.2. The van der Waals surface area contributed by atoms with Crippen LogP contribution in [0.4, 0.5) is 0 Å². The van der Waals surface area contributed by atoms with Crippen LogP contribution in [-0.2, 0) is 19.3 Å². The third kappa shape index (κ3) is 13.0. The van der Waals surface area contributed by atoms with E-state index in [1.807, 2.05) is 31.2 Å². The molecule has 3 aromatic rings. The number of ether oxygens (including phenoxy) is 2. The van der Waals surface area contributed by atoms with E-state index in [-0.39, 0.29) is 63.6 Å². The number of carboxylic acids is 1. The van der Waals surface area contributed by atoms with Gasteiger partial charge in [-0.05, 0) is 185 Å².